The van der Waals surface area contributed by atoms with Crippen molar-refractivity contribution in [1.29, 1.82) is 0 Å². The zero-order valence-corrected chi connectivity index (χ0v) is 23.7. The number of piperidine rings is 1. The summed E-state index contributed by atoms with van der Waals surface area (Å²) in [5.74, 6) is 0.0527. The number of hydrogen-bond donors (Lipinski definition) is 2. The van der Waals surface area contributed by atoms with E-state index in [2.05, 4.69) is 11.8 Å². The number of nitrogens with zero attached hydrogens (tertiary/aromatic N) is 3. The molecule has 2 aliphatic carbocycles. The van der Waals surface area contributed by atoms with E-state index in [1.165, 1.54) is 43.4 Å². The first-order valence-corrected chi connectivity index (χ1v) is 15.4. The lowest BCUT2D eigenvalue weighted by molar-refractivity contribution is -0.141. The number of ether oxygens (including phenoxy) is 1. The molecule has 2 heterocycles. The van der Waals surface area contributed by atoms with Crippen LogP contribution in [0.1, 0.15) is 84.0 Å². The molecular formula is C31H45N3O6. The zero-order valence-electron chi connectivity index (χ0n) is 23.7. The Bertz CT molecular complexity index is 1050. The molecule has 0 spiro atoms. The van der Waals surface area contributed by atoms with E-state index < -0.39 is 24.6 Å². The van der Waals surface area contributed by atoms with Gasteiger partial charge < -0.3 is 19.8 Å². The standard InChI is InChI=1S/C31H45N3O6/c1-2-6-23-18-25(12-14-32(23)26-16-21-7-3-8-22(15-21)17-26)34(31(39)33-13-5-11-28(33)30(37)38)24-9-4-10-27(19-24)40-20-29(35)36/h4,9-10,19,21-23,25-26,28H,2-3,5-8,11-18,20H2,1H3,(H,35,36)(H,37,38)/t21-,22+,23-,25-,26?,28+/m0/s1. The molecule has 1 aromatic rings. The second-order valence-electron chi connectivity index (χ2n) is 12.4. The predicted molar refractivity (Wildman–Crippen MR) is 152 cm³/mol. The molecule has 2 bridgehead atoms. The normalized spacial score (nSPS) is 30.6. The molecule has 1 aromatic carbocycles. The largest absolute Gasteiger partial charge is 0.482 e. The third kappa shape index (κ3) is 6.40. The van der Waals surface area contributed by atoms with Crippen molar-refractivity contribution in [3.8, 4) is 5.75 Å². The molecule has 4 aliphatic rings. The number of benzene rings is 1. The lowest BCUT2D eigenvalue weighted by Gasteiger charge is -2.51. The minimum Gasteiger partial charge on any atom is -0.482 e. The number of anilines is 1. The average Bonchev–Trinajstić information content (AvgIpc) is 3.43. The maximum Gasteiger partial charge on any atom is 0.341 e. The van der Waals surface area contributed by atoms with Gasteiger partial charge in [-0.3, -0.25) is 9.80 Å². The molecule has 4 fully saturated rings. The zero-order chi connectivity index (χ0) is 28.2. The Morgan fingerprint density at radius 3 is 2.45 bits per heavy atom. The number of aliphatic carboxylic acids is 2. The quantitative estimate of drug-likeness (QED) is 0.429. The number of carbonyl (C=O) groups is 3. The number of urea groups is 1. The SMILES string of the molecule is CCC[C@H]1C[C@@H](N(C(=O)N2CCC[C@@H]2C(=O)O)c2cccc(OCC(=O)O)c2)CCN1C1C[C@H]2CCC[C@@H](C1)C2. The maximum atomic E-state index is 14.2. The van der Waals surface area contributed by atoms with Gasteiger partial charge in [0, 0.05) is 43.0 Å². The van der Waals surface area contributed by atoms with Crippen LogP contribution in [0.4, 0.5) is 10.5 Å². The van der Waals surface area contributed by atoms with Crippen LogP contribution in [0.25, 0.3) is 0 Å². The van der Waals surface area contributed by atoms with Gasteiger partial charge in [0.25, 0.3) is 0 Å². The molecule has 9 nitrogen and oxygen atoms in total. The van der Waals surface area contributed by atoms with Gasteiger partial charge in [-0.05, 0) is 75.3 Å². The third-order valence-corrected chi connectivity index (χ3v) is 9.74. The first kappa shape index (κ1) is 28.7. The molecule has 6 atom stereocenters. The molecular weight excluding hydrogens is 510 g/mol. The molecule has 2 saturated carbocycles. The summed E-state index contributed by atoms with van der Waals surface area (Å²) in [6.07, 6.45) is 13.0. The van der Waals surface area contributed by atoms with E-state index in [1.807, 2.05) is 6.07 Å². The molecule has 40 heavy (non-hydrogen) atoms. The number of rotatable bonds is 9. The molecule has 9 heteroatoms. The van der Waals surface area contributed by atoms with Crippen molar-refractivity contribution in [2.24, 2.45) is 11.8 Å². The lowest BCUT2D eigenvalue weighted by atomic mass is 9.69. The van der Waals surface area contributed by atoms with E-state index >= 15 is 0 Å². The van der Waals surface area contributed by atoms with Gasteiger partial charge in [0.2, 0.25) is 0 Å². The summed E-state index contributed by atoms with van der Waals surface area (Å²) in [5.41, 5.74) is 0.629. The summed E-state index contributed by atoms with van der Waals surface area (Å²) < 4.78 is 5.45. The number of hydrogen-bond acceptors (Lipinski definition) is 5. The second kappa shape index (κ2) is 12.8. The minimum atomic E-state index is -1.07. The number of carbonyl (C=O) groups excluding carboxylic acids is 1. The van der Waals surface area contributed by atoms with Crippen LogP contribution in [0.3, 0.4) is 0 Å². The van der Waals surface area contributed by atoms with Crippen LogP contribution in [0.5, 0.6) is 5.75 Å². The summed E-state index contributed by atoms with van der Waals surface area (Å²) in [6.45, 7) is 3.11. The average molecular weight is 556 g/mol. The highest BCUT2D eigenvalue weighted by atomic mass is 16.5. The van der Waals surface area contributed by atoms with Crippen LogP contribution >= 0.6 is 0 Å². The first-order chi connectivity index (χ1) is 19.3. The van der Waals surface area contributed by atoms with Crippen molar-refractivity contribution in [2.45, 2.75) is 108 Å². The van der Waals surface area contributed by atoms with Crippen molar-refractivity contribution < 1.29 is 29.3 Å². The minimum absolute atomic E-state index is 0.0758. The van der Waals surface area contributed by atoms with E-state index in [0.717, 1.165) is 44.1 Å². The van der Waals surface area contributed by atoms with Gasteiger partial charge in [-0.1, -0.05) is 38.7 Å². The molecule has 0 radical (unpaired) electrons. The predicted octanol–water partition coefficient (Wildman–Crippen LogP) is 5.23. The van der Waals surface area contributed by atoms with Crippen molar-refractivity contribution in [2.75, 3.05) is 24.6 Å². The van der Waals surface area contributed by atoms with Gasteiger partial charge in [0.15, 0.2) is 6.61 Å². The molecule has 2 amide bonds. The Morgan fingerprint density at radius 2 is 1.75 bits per heavy atom. The summed E-state index contributed by atoms with van der Waals surface area (Å²) in [4.78, 5) is 43.3. The topological polar surface area (TPSA) is 111 Å². The summed E-state index contributed by atoms with van der Waals surface area (Å²) >= 11 is 0. The van der Waals surface area contributed by atoms with Gasteiger partial charge in [0.1, 0.15) is 11.8 Å². The van der Waals surface area contributed by atoms with Gasteiger partial charge in [0.05, 0.1) is 0 Å². The number of carboxylic acids is 2. The Hall–Kier alpha value is -2.81. The molecule has 1 unspecified atom stereocenters. The fraction of sp³-hybridized carbons (Fsp3) is 0.710. The van der Waals surface area contributed by atoms with Crippen molar-refractivity contribution in [1.82, 2.24) is 9.80 Å². The van der Waals surface area contributed by atoms with Crippen LogP contribution in [0.15, 0.2) is 24.3 Å². The third-order valence-electron chi connectivity index (χ3n) is 9.74. The second-order valence-corrected chi connectivity index (χ2v) is 12.4. The highest BCUT2D eigenvalue weighted by molar-refractivity contribution is 5.95. The van der Waals surface area contributed by atoms with Gasteiger partial charge in [-0.15, -0.1) is 0 Å². The molecule has 0 aromatic heterocycles. The monoisotopic (exact) mass is 555 g/mol. The lowest BCUT2D eigenvalue weighted by Crippen LogP contribution is -2.58. The van der Waals surface area contributed by atoms with Gasteiger partial charge >= 0.3 is 18.0 Å². The van der Waals surface area contributed by atoms with Crippen molar-refractivity contribution in [3.63, 3.8) is 0 Å². The molecule has 2 saturated heterocycles. The fourth-order valence-electron chi connectivity index (χ4n) is 8.08. The van der Waals surface area contributed by atoms with Crippen molar-refractivity contribution >= 4 is 23.7 Å². The number of amides is 2. The van der Waals surface area contributed by atoms with E-state index in [1.54, 1.807) is 23.1 Å². The van der Waals surface area contributed by atoms with E-state index in [-0.39, 0.29) is 12.1 Å². The molecule has 220 valence electrons. The smallest absolute Gasteiger partial charge is 0.341 e. The molecule has 5 rings (SSSR count). The summed E-state index contributed by atoms with van der Waals surface area (Å²) in [5, 5.41) is 18.9. The Labute approximate surface area is 237 Å². The van der Waals surface area contributed by atoms with E-state index in [0.29, 0.717) is 42.9 Å². The Morgan fingerprint density at radius 1 is 0.975 bits per heavy atom. The van der Waals surface area contributed by atoms with E-state index in [9.17, 15) is 19.5 Å². The number of fused-ring (bicyclic) bond motifs is 2. The molecule has 2 N–H and O–H groups in total. The van der Waals surface area contributed by atoms with Gasteiger partial charge in [-0.2, -0.15) is 0 Å². The van der Waals surface area contributed by atoms with Crippen molar-refractivity contribution in [3.05, 3.63) is 24.3 Å². The fourth-order valence-corrected chi connectivity index (χ4v) is 8.08. The highest BCUT2D eigenvalue weighted by Gasteiger charge is 2.43. The number of carboxylic acid groups (broad SMARTS) is 2. The Kier molecular flexibility index (Phi) is 9.18. The van der Waals surface area contributed by atoms with Crippen LogP contribution in [-0.4, -0.2) is 81.8 Å². The van der Waals surface area contributed by atoms with E-state index in [4.69, 9.17) is 9.84 Å². The van der Waals surface area contributed by atoms with Crippen LogP contribution in [0, 0.1) is 11.8 Å². The Balaban J connectivity index is 1.40. The summed E-state index contributed by atoms with van der Waals surface area (Å²) in [6, 6.07) is 6.84. The van der Waals surface area contributed by atoms with Crippen LogP contribution in [-0.2, 0) is 9.59 Å². The highest BCUT2D eigenvalue weighted by Crippen LogP contribution is 2.43. The maximum absolute atomic E-state index is 14.2. The van der Waals surface area contributed by atoms with Crippen LogP contribution < -0.4 is 9.64 Å². The first-order valence-electron chi connectivity index (χ1n) is 15.4. The molecule has 2 aliphatic heterocycles. The van der Waals surface area contributed by atoms with Gasteiger partial charge in [-0.25, -0.2) is 14.4 Å². The van der Waals surface area contributed by atoms with Crippen LogP contribution in [0.2, 0.25) is 0 Å². The number of likely N-dealkylation sites (tertiary alicyclic amines) is 2. The summed E-state index contributed by atoms with van der Waals surface area (Å²) in [7, 11) is 0.